The maximum Gasteiger partial charge on any atom is 0.410 e. The number of amides is 1. The smallest absolute Gasteiger partial charge is 0.410 e. The van der Waals surface area contributed by atoms with Gasteiger partial charge in [0, 0.05) is 13.1 Å². The summed E-state index contributed by atoms with van der Waals surface area (Å²) in [6.45, 7) is 7.01. The Labute approximate surface area is 120 Å². The van der Waals surface area contributed by atoms with Crippen molar-refractivity contribution in [2.45, 2.75) is 52.1 Å². The number of fused-ring (bicyclic) bond motifs is 1. The summed E-state index contributed by atoms with van der Waals surface area (Å²) in [5.74, 6) is 0.0257. The lowest BCUT2D eigenvalue weighted by Crippen LogP contribution is -2.47. The van der Waals surface area contributed by atoms with Gasteiger partial charge in [0.1, 0.15) is 5.60 Å². The summed E-state index contributed by atoms with van der Waals surface area (Å²) in [4.78, 5) is 24.9. The van der Waals surface area contributed by atoms with E-state index in [0.29, 0.717) is 24.9 Å². The average Bonchev–Trinajstić information content (AvgIpc) is 2.35. The van der Waals surface area contributed by atoms with Gasteiger partial charge in [-0.3, -0.25) is 4.79 Å². The molecule has 20 heavy (non-hydrogen) atoms. The summed E-state index contributed by atoms with van der Waals surface area (Å²) in [5, 5.41) is 9.11. The minimum Gasteiger partial charge on any atom is -0.481 e. The highest BCUT2D eigenvalue weighted by Gasteiger charge is 2.39. The van der Waals surface area contributed by atoms with Crippen LogP contribution in [-0.4, -0.2) is 40.8 Å². The Morgan fingerprint density at radius 2 is 1.85 bits per heavy atom. The summed E-state index contributed by atoms with van der Waals surface area (Å²) in [7, 11) is 0. The molecule has 0 aromatic heterocycles. The maximum absolute atomic E-state index is 12.1. The van der Waals surface area contributed by atoms with Gasteiger partial charge in [0.05, 0.1) is 5.92 Å². The molecule has 0 bridgehead atoms. The molecule has 1 saturated heterocycles. The molecule has 2 fully saturated rings. The highest BCUT2D eigenvalue weighted by molar-refractivity contribution is 5.70. The number of aliphatic carboxylic acids is 1. The largest absolute Gasteiger partial charge is 0.481 e. The van der Waals surface area contributed by atoms with E-state index in [4.69, 9.17) is 9.84 Å². The third-order valence-electron chi connectivity index (χ3n) is 4.37. The van der Waals surface area contributed by atoms with Crippen molar-refractivity contribution >= 4 is 12.1 Å². The topological polar surface area (TPSA) is 66.8 Å². The predicted molar refractivity (Wildman–Crippen MR) is 74.4 cm³/mol. The molecule has 2 aliphatic rings. The Kier molecular flexibility index (Phi) is 4.25. The second-order valence-corrected chi connectivity index (χ2v) is 7.08. The predicted octanol–water partition coefficient (Wildman–Crippen LogP) is 2.74. The molecule has 0 aromatic carbocycles. The fraction of sp³-hybridized carbons (Fsp3) is 0.867. The van der Waals surface area contributed by atoms with Gasteiger partial charge in [-0.15, -0.1) is 0 Å². The number of ether oxygens (including phenoxy) is 1. The SMILES string of the molecule is CC(C)(C)OC(=O)N1CC[C@@H]2C[C@H](C(=O)O)CC[C@H]2C1. The number of hydrogen-bond acceptors (Lipinski definition) is 3. The quantitative estimate of drug-likeness (QED) is 0.803. The highest BCUT2D eigenvalue weighted by Crippen LogP contribution is 2.39. The van der Waals surface area contributed by atoms with Gasteiger partial charge in [-0.25, -0.2) is 4.79 Å². The van der Waals surface area contributed by atoms with Crippen LogP contribution in [0.2, 0.25) is 0 Å². The first-order chi connectivity index (χ1) is 9.26. The van der Waals surface area contributed by atoms with Crippen molar-refractivity contribution in [1.82, 2.24) is 4.90 Å². The van der Waals surface area contributed by atoms with Crippen LogP contribution in [0.15, 0.2) is 0 Å². The molecule has 5 nitrogen and oxygen atoms in total. The number of carbonyl (C=O) groups excluding carboxylic acids is 1. The first kappa shape index (κ1) is 15.1. The van der Waals surface area contributed by atoms with Crippen molar-refractivity contribution < 1.29 is 19.4 Å². The van der Waals surface area contributed by atoms with E-state index in [9.17, 15) is 9.59 Å². The molecule has 0 unspecified atom stereocenters. The molecule has 1 saturated carbocycles. The van der Waals surface area contributed by atoms with Gasteiger partial charge in [0.15, 0.2) is 0 Å². The van der Waals surface area contributed by atoms with Gasteiger partial charge in [0.25, 0.3) is 0 Å². The molecule has 5 heteroatoms. The van der Waals surface area contributed by atoms with Crippen LogP contribution in [0.5, 0.6) is 0 Å². The first-order valence-electron chi connectivity index (χ1n) is 7.47. The van der Waals surface area contributed by atoms with Crippen molar-refractivity contribution in [2.24, 2.45) is 17.8 Å². The van der Waals surface area contributed by atoms with Crippen LogP contribution in [0.4, 0.5) is 4.79 Å². The molecular weight excluding hydrogens is 258 g/mol. The van der Waals surface area contributed by atoms with Crippen LogP contribution in [-0.2, 0) is 9.53 Å². The molecular formula is C15H25NO4. The number of nitrogens with zero attached hydrogens (tertiary/aromatic N) is 1. The van der Waals surface area contributed by atoms with Gasteiger partial charge in [-0.05, 0) is 58.3 Å². The van der Waals surface area contributed by atoms with E-state index in [1.165, 1.54) is 0 Å². The normalized spacial score (nSPS) is 30.6. The third-order valence-corrected chi connectivity index (χ3v) is 4.37. The zero-order chi connectivity index (χ0) is 14.9. The second-order valence-electron chi connectivity index (χ2n) is 7.08. The molecule has 0 radical (unpaired) electrons. The lowest BCUT2D eigenvalue weighted by Gasteiger charge is -2.42. The van der Waals surface area contributed by atoms with Crippen LogP contribution < -0.4 is 0 Å². The lowest BCUT2D eigenvalue weighted by atomic mass is 9.71. The molecule has 3 atom stereocenters. The summed E-state index contributed by atoms with van der Waals surface area (Å²) in [6.07, 6.45) is 3.06. The molecule has 1 heterocycles. The fourth-order valence-corrected chi connectivity index (χ4v) is 3.33. The van der Waals surface area contributed by atoms with Crippen molar-refractivity contribution in [3.63, 3.8) is 0 Å². The standard InChI is InChI=1S/C15H25NO4/c1-15(2,3)20-14(19)16-7-6-10-8-11(13(17)18)4-5-12(10)9-16/h10-12H,4-9H2,1-3H3,(H,17,18)/t10-,11-,12+/m1/s1. The average molecular weight is 283 g/mol. The Bertz CT molecular complexity index is 388. The van der Waals surface area contributed by atoms with Crippen molar-refractivity contribution in [3.05, 3.63) is 0 Å². The fourth-order valence-electron chi connectivity index (χ4n) is 3.33. The number of rotatable bonds is 1. The Hall–Kier alpha value is -1.26. The highest BCUT2D eigenvalue weighted by atomic mass is 16.6. The Morgan fingerprint density at radius 1 is 1.15 bits per heavy atom. The van der Waals surface area contributed by atoms with Crippen molar-refractivity contribution in [2.75, 3.05) is 13.1 Å². The number of hydrogen-bond donors (Lipinski definition) is 1. The van der Waals surface area contributed by atoms with Crippen molar-refractivity contribution in [3.8, 4) is 0 Å². The van der Waals surface area contributed by atoms with Crippen molar-refractivity contribution in [1.29, 1.82) is 0 Å². The van der Waals surface area contributed by atoms with E-state index in [1.54, 1.807) is 4.90 Å². The molecule has 0 spiro atoms. The monoisotopic (exact) mass is 283 g/mol. The number of likely N-dealkylation sites (tertiary alicyclic amines) is 1. The van der Waals surface area contributed by atoms with Crippen LogP contribution in [0, 0.1) is 17.8 Å². The molecule has 1 aliphatic carbocycles. The Morgan fingerprint density at radius 3 is 2.45 bits per heavy atom. The first-order valence-corrected chi connectivity index (χ1v) is 7.47. The molecule has 1 aliphatic heterocycles. The van der Waals surface area contributed by atoms with E-state index in [1.807, 2.05) is 20.8 Å². The minimum absolute atomic E-state index is 0.190. The molecule has 1 N–H and O–H groups in total. The van der Waals surface area contributed by atoms with Crippen LogP contribution in [0.1, 0.15) is 46.5 Å². The van der Waals surface area contributed by atoms with Crippen LogP contribution in [0.25, 0.3) is 0 Å². The molecule has 1 amide bonds. The van der Waals surface area contributed by atoms with E-state index < -0.39 is 11.6 Å². The van der Waals surface area contributed by atoms with Crippen LogP contribution >= 0.6 is 0 Å². The Balaban J connectivity index is 1.90. The van der Waals surface area contributed by atoms with E-state index in [0.717, 1.165) is 25.7 Å². The zero-order valence-electron chi connectivity index (χ0n) is 12.6. The van der Waals surface area contributed by atoms with Gasteiger partial charge in [0.2, 0.25) is 0 Å². The molecule has 0 aromatic rings. The number of carboxylic acids is 1. The molecule has 2 rings (SSSR count). The summed E-state index contributed by atoms with van der Waals surface area (Å²) in [6, 6.07) is 0. The summed E-state index contributed by atoms with van der Waals surface area (Å²) < 4.78 is 5.41. The van der Waals surface area contributed by atoms with Gasteiger partial charge in [-0.2, -0.15) is 0 Å². The van der Waals surface area contributed by atoms with E-state index in [2.05, 4.69) is 0 Å². The van der Waals surface area contributed by atoms with Crippen LogP contribution in [0.3, 0.4) is 0 Å². The summed E-state index contributed by atoms with van der Waals surface area (Å²) in [5.41, 5.74) is -0.463. The maximum atomic E-state index is 12.1. The summed E-state index contributed by atoms with van der Waals surface area (Å²) >= 11 is 0. The zero-order valence-corrected chi connectivity index (χ0v) is 12.6. The van der Waals surface area contributed by atoms with Gasteiger partial charge in [-0.1, -0.05) is 0 Å². The number of piperidine rings is 1. The van der Waals surface area contributed by atoms with E-state index >= 15 is 0 Å². The number of carboxylic acid groups (broad SMARTS) is 1. The third kappa shape index (κ3) is 3.64. The van der Waals surface area contributed by atoms with Gasteiger partial charge < -0.3 is 14.7 Å². The lowest BCUT2D eigenvalue weighted by molar-refractivity contribution is -0.144. The van der Waals surface area contributed by atoms with Gasteiger partial charge >= 0.3 is 12.1 Å². The number of carbonyl (C=O) groups is 2. The second kappa shape index (κ2) is 5.62. The molecule has 114 valence electrons. The van der Waals surface area contributed by atoms with E-state index in [-0.39, 0.29) is 12.0 Å². The minimum atomic E-state index is -0.668.